The fourth-order valence-corrected chi connectivity index (χ4v) is 0.340. The second-order valence-electron chi connectivity index (χ2n) is 1.41. The zero-order valence-electron chi connectivity index (χ0n) is 5.96. The van der Waals surface area contributed by atoms with Crippen molar-refractivity contribution in [2.75, 3.05) is 6.54 Å². The molecule has 1 aliphatic carbocycles. The molecule has 0 heterocycles. The van der Waals surface area contributed by atoms with Crippen molar-refractivity contribution in [2.24, 2.45) is 5.73 Å². The van der Waals surface area contributed by atoms with Crippen LogP contribution < -0.4 is 5.73 Å². The Balaban J connectivity index is -0.0000000900. The molecule has 0 fully saturated rings. The maximum atomic E-state index is 4.85. The van der Waals surface area contributed by atoms with Crippen LogP contribution in [0.5, 0.6) is 0 Å². The predicted octanol–water partition coefficient (Wildman–Crippen LogP) is 1.27. The van der Waals surface area contributed by atoms with Crippen LogP contribution in [-0.2, 0) is 34.1 Å². The van der Waals surface area contributed by atoms with Crippen molar-refractivity contribution in [1.82, 2.24) is 0 Å². The summed E-state index contributed by atoms with van der Waals surface area (Å²) in [5.74, 6) is 0. The van der Waals surface area contributed by atoms with Crippen LogP contribution in [0.4, 0.5) is 0 Å². The Hall–Kier alpha value is 0.479. The van der Waals surface area contributed by atoms with Crippen molar-refractivity contribution in [1.29, 1.82) is 0 Å². The monoisotopic (exact) mass is 221 g/mol. The van der Waals surface area contributed by atoms with Gasteiger partial charge in [0.1, 0.15) is 0 Å². The van der Waals surface area contributed by atoms with E-state index < -0.39 is 0 Å². The second kappa shape index (κ2) is 16.2. The van der Waals surface area contributed by atoms with E-state index in [-0.39, 0.29) is 34.1 Å². The number of hydrogen-bond donors (Lipinski definition) is 1. The van der Waals surface area contributed by atoms with Crippen LogP contribution in [0.25, 0.3) is 0 Å². The first-order chi connectivity index (χ1) is 3.91. The molecule has 0 saturated heterocycles. The van der Waals surface area contributed by atoms with Gasteiger partial charge in [-0.25, -0.2) is 12.2 Å². The molecule has 2 N–H and O–H groups in total. The van der Waals surface area contributed by atoms with Crippen molar-refractivity contribution in [3.63, 3.8) is 0 Å². The average Bonchev–Trinajstić information content (AvgIpc) is 2.17. The summed E-state index contributed by atoms with van der Waals surface area (Å²) in [6.45, 7) is 2.65. The summed E-state index contributed by atoms with van der Waals surface area (Å²) in [5, 5.41) is 0. The van der Waals surface area contributed by atoms with E-state index in [4.69, 9.17) is 5.73 Å². The van der Waals surface area contributed by atoms with Crippen molar-refractivity contribution >= 4 is 0 Å². The Labute approximate surface area is 84.1 Å². The fraction of sp³-hybridized carbons (Fsp3) is 0.429. The summed E-state index contributed by atoms with van der Waals surface area (Å²) in [5.41, 5.74) is 4.85. The van der Waals surface area contributed by atoms with Crippen LogP contribution in [0.3, 0.4) is 0 Å². The van der Waals surface area contributed by atoms with Gasteiger partial charge in [0.15, 0.2) is 0 Å². The summed E-state index contributed by atoms with van der Waals surface area (Å²) in [4.78, 5) is 0. The molecular formula is C7H12FeMnN-. The van der Waals surface area contributed by atoms with Gasteiger partial charge in [-0.05, 0) is 6.54 Å². The first-order valence-corrected chi connectivity index (χ1v) is 2.83. The molecule has 0 aliphatic heterocycles. The predicted molar refractivity (Wildman–Crippen MR) is 36.3 cm³/mol. The van der Waals surface area contributed by atoms with E-state index >= 15 is 0 Å². The SMILES string of the molecule is CCN.[C-]1=CC=CC1.[Fe].[Mn]. The maximum absolute atomic E-state index is 4.85. The molecule has 0 amide bonds. The van der Waals surface area contributed by atoms with Crippen LogP contribution in [0.1, 0.15) is 13.3 Å². The molecule has 1 nitrogen and oxygen atoms in total. The third-order valence-corrected chi connectivity index (χ3v) is 0.586. The van der Waals surface area contributed by atoms with E-state index in [0.29, 0.717) is 0 Å². The zero-order chi connectivity index (χ0) is 6.24. The normalized spacial score (nSPS) is 10.6. The van der Waals surface area contributed by atoms with Gasteiger partial charge in [-0.2, -0.15) is 6.08 Å². The van der Waals surface area contributed by atoms with Crippen LogP contribution in [-0.4, -0.2) is 6.54 Å². The van der Waals surface area contributed by atoms with Crippen molar-refractivity contribution in [2.45, 2.75) is 13.3 Å². The number of rotatable bonds is 0. The van der Waals surface area contributed by atoms with Crippen LogP contribution in [0, 0.1) is 6.08 Å². The molecule has 0 bridgehead atoms. The minimum absolute atomic E-state index is 0. The molecule has 0 unspecified atom stereocenters. The summed E-state index contributed by atoms with van der Waals surface area (Å²) in [7, 11) is 0. The summed E-state index contributed by atoms with van der Waals surface area (Å²) >= 11 is 0. The summed E-state index contributed by atoms with van der Waals surface area (Å²) < 4.78 is 0. The maximum Gasteiger partial charge on any atom is 0 e. The summed E-state index contributed by atoms with van der Waals surface area (Å²) in [6, 6.07) is 0. The van der Waals surface area contributed by atoms with Gasteiger partial charge in [-0.3, -0.25) is 6.08 Å². The Bertz CT molecular complexity index is 81.6. The van der Waals surface area contributed by atoms with Gasteiger partial charge in [0.25, 0.3) is 0 Å². The van der Waals surface area contributed by atoms with E-state index in [1.165, 1.54) is 0 Å². The van der Waals surface area contributed by atoms with Gasteiger partial charge in [0, 0.05) is 34.1 Å². The molecule has 0 aromatic rings. The van der Waals surface area contributed by atoms with E-state index in [9.17, 15) is 0 Å². The molecule has 0 saturated carbocycles. The largest absolute Gasteiger partial charge is 0.331 e. The molecular weight excluding hydrogens is 209 g/mol. The topological polar surface area (TPSA) is 26.0 Å². The number of allylic oxidation sites excluding steroid dienone is 4. The molecule has 1 aliphatic rings. The van der Waals surface area contributed by atoms with Crippen molar-refractivity contribution < 1.29 is 34.1 Å². The molecule has 0 atom stereocenters. The second-order valence-corrected chi connectivity index (χ2v) is 1.41. The first kappa shape index (κ1) is 16.8. The van der Waals surface area contributed by atoms with E-state index in [2.05, 4.69) is 12.2 Å². The molecule has 10 heavy (non-hydrogen) atoms. The Morgan fingerprint density at radius 1 is 1.60 bits per heavy atom. The average molecular weight is 221 g/mol. The van der Waals surface area contributed by atoms with Crippen LogP contribution in [0.2, 0.25) is 0 Å². The minimum atomic E-state index is 0. The molecule has 0 aromatic carbocycles. The molecule has 0 spiro atoms. The minimum Gasteiger partial charge on any atom is -0.331 e. The third-order valence-electron chi connectivity index (χ3n) is 0.586. The number of nitrogens with two attached hydrogens (primary N) is 1. The molecule has 61 valence electrons. The van der Waals surface area contributed by atoms with Gasteiger partial charge in [0.05, 0.1) is 0 Å². The quantitative estimate of drug-likeness (QED) is 0.483. The van der Waals surface area contributed by atoms with Crippen LogP contribution >= 0.6 is 0 Å². The van der Waals surface area contributed by atoms with Gasteiger partial charge < -0.3 is 5.73 Å². The van der Waals surface area contributed by atoms with Gasteiger partial charge >= 0.3 is 0 Å². The zero-order valence-corrected chi connectivity index (χ0v) is 8.24. The molecule has 0 aromatic heterocycles. The standard InChI is InChI=1S/C5H5.C2H7N.Fe.Mn/c1-2-4-5-3-1;1-2-3;;/h1-3H,4H2;2-3H2,1H3;;/q-1;;;. The smallest absolute Gasteiger partial charge is 0 e. The Morgan fingerprint density at radius 2 is 2.10 bits per heavy atom. The van der Waals surface area contributed by atoms with Gasteiger partial charge in [0.2, 0.25) is 0 Å². The molecule has 1 radical (unpaired) electrons. The molecule has 3 heteroatoms. The first-order valence-electron chi connectivity index (χ1n) is 2.83. The van der Waals surface area contributed by atoms with Crippen molar-refractivity contribution in [3.05, 3.63) is 24.3 Å². The number of hydrogen-bond acceptors (Lipinski definition) is 1. The Morgan fingerprint density at radius 3 is 2.20 bits per heavy atom. The van der Waals surface area contributed by atoms with Crippen LogP contribution in [0.15, 0.2) is 18.2 Å². The van der Waals surface area contributed by atoms with Crippen molar-refractivity contribution in [3.8, 4) is 0 Å². The fourth-order valence-electron chi connectivity index (χ4n) is 0.340. The Kier molecular flexibility index (Phi) is 27.3. The third kappa shape index (κ3) is 15.8. The van der Waals surface area contributed by atoms with Gasteiger partial charge in [-0.1, -0.05) is 6.92 Å². The van der Waals surface area contributed by atoms with E-state index in [0.717, 1.165) is 13.0 Å². The summed E-state index contributed by atoms with van der Waals surface area (Å²) in [6.07, 6.45) is 10.0. The van der Waals surface area contributed by atoms with E-state index in [1.807, 2.05) is 19.1 Å². The van der Waals surface area contributed by atoms with E-state index in [1.54, 1.807) is 0 Å². The molecule has 1 rings (SSSR count). The van der Waals surface area contributed by atoms with Gasteiger partial charge in [-0.15, -0.1) is 6.42 Å².